The predicted octanol–water partition coefficient (Wildman–Crippen LogP) is -3.88. The Morgan fingerprint density at radius 3 is 1.73 bits per heavy atom. The average Bonchev–Trinajstić information content (AvgIpc) is 2.12. The van der Waals surface area contributed by atoms with E-state index in [0.29, 0.717) is 0 Å². The maximum absolute atomic E-state index is 10.1. The molecule has 0 aromatic heterocycles. The molecule has 0 heterocycles. The molecule has 0 bridgehead atoms. The first-order chi connectivity index (χ1) is 5.91. The van der Waals surface area contributed by atoms with Gasteiger partial charge in [-0.05, 0) is 0 Å². The Labute approximate surface area is 128 Å². The fourth-order valence-electron chi connectivity index (χ4n) is 0.668. The number of hydrogen-bond acceptors (Lipinski definition) is 6. The van der Waals surface area contributed by atoms with E-state index in [0.717, 1.165) is 0 Å². The number of hydrogen-bond donors (Lipinski definition) is 6. The molecule has 0 spiro atoms. The van der Waals surface area contributed by atoms with Gasteiger partial charge in [-0.15, -0.1) is 0 Å². The first kappa shape index (κ1) is 21.4. The van der Waals surface area contributed by atoms with Gasteiger partial charge in [0.15, 0.2) is 6.10 Å². The fraction of sp³-hybridized carbons (Fsp3) is 0.833. The van der Waals surface area contributed by atoms with Crippen molar-refractivity contribution in [1.82, 2.24) is 0 Å². The van der Waals surface area contributed by atoms with Crippen LogP contribution in [0.25, 0.3) is 0 Å². The third-order valence-electron chi connectivity index (χ3n) is 1.51. The van der Waals surface area contributed by atoms with E-state index in [4.69, 9.17) is 30.6 Å². The summed E-state index contributed by atoms with van der Waals surface area (Å²) < 4.78 is 0. The van der Waals surface area contributed by atoms with Gasteiger partial charge in [-0.25, -0.2) is 4.79 Å². The first-order valence-corrected chi connectivity index (χ1v) is 3.47. The molecule has 15 heavy (non-hydrogen) atoms. The first-order valence-electron chi connectivity index (χ1n) is 3.47. The molecule has 0 unspecified atom stereocenters. The van der Waals surface area contributed by atoms with Crippen LogP contribution in [0.3, 0.4) is 0 Å². The molecule has 0 aliphatic rings. The fourth-order valence-corrected chi connectivity index (χ4v) is 0.668. The van der Waals surface area contributed by atoms with Crippen molar-refractivity contribution >= 4 is 43.7 Å². The van der Waals surface area contributed by atoms with E-state index in [1.807, 2.05) is 0 Å². The van der Waals surface area contributed by atoms with Crippen LogP contribution in [-0.4, -0.2) is 105 Å². The van der Waals surface area contributed by atoms with Crippen molar-refractivity contribution in [3.63, 3.8) is 0 Å². The van der Waals surface area contributed by atoms with E-state index in [-0.39, 0.29) is 57.2 Å². The summed E-state index contributed by atoms with van der Waals surface area (Å²) in [7, 11) is 0. The molecule has 0 aromatic rings. The second-order valence-electron chi connectivity index (χ2n) is 2.51. The number of carboxylic acids is 1. The van der Waals surface area contributed by atoms with Crippen molar-refractivity contribution in [3.05, 3.63) is 0 Å². The largest absolute Gasteiger partial charge is 2.00 e. The molecular formula is C6H12CaO7Zn+4. The Balaban J connectivity index is -0.000000720. The molecule has 0 saturated heterocycles. The summed E-state index contributed by atoms with van der Waals surface area (Å²) in [5.41, 5.74) is 0. The van der Waals surface area contributed by atoms with Crippen LogP contribution in [0.15, 0.2) is 0 Å². The Bertz CT molecular complexity index is 181. The van der Waals surface area contributed by atoms with Crippen molar-refractivity contribution in [2.75, 3.05) is 6.61 Å². The molecule has 6 N–H and O–H groups in total. The van der Waals surface area contributed by atoms with Gasteiger partial charge in [0.05, 0.1) is 6.61 Å². The van der Waals surface area contributed by atoms with Gasteiger partial charge in [0, 0.05) is 0 Å². The van der Waals surface area contributed by atoms with Crippen LogP contribution < -0.4 is 0 Å². The number of carbonyl (C=O) groups is 1. The van der Waals surface area contributed by atoms with Gasteiger partial charge in [-0.1, -0.05) is 0 Å². The number of aliphatic carboxylic acids is 1. The number of carboxylic acid groups (broad SMARTS) is 1. The molecule has 0 radical (unpaired) electrons. The molecule has 7 nitrogen and oxygen atoms in total. The van der Waals surface area contributed by atoms with E-state index in [1.165, 1.54) is 0 Å². The maximum atomic E-state index is 10.1. The van der Waals surface area contributed by atoms with Crippen molar-refractivity contribution < 1.29 is 54.9 Å². The van der Waals surface area contributed by atoms with Crippen LogP contribution in [0.1, 0.15) is 0 Å². The minimum atomic E-state index is -2.20. The minimum Gasteiger partial charge on any atom is -0.479 e. The molecule has 9 heteroatoms. The summed E-state index contributed by atoms with van der Waals surface area (Å²) in [6.07, 6.45) is -7.84. The van der Waals surface area contributed by atoms with Crippen molar-refractivity contribution in [2.45, 2.75) is 24.4 Å². The molecule has 0 rings (SSSR count). The standard InChI is InChI=1S/C6H12O7.Ca.Zn/c7-1-2(8)3(9)4(10)5(11)6(12)13;;/h2-5,7-11H,1H2,(H,12,13);;/q;2*+2/t2-,3+,4+,5+;;/m1../s1. The SMILES string of the molecule is O=C(O)[C@@H](O)[C@@H](O)[C@@H](O)[C@H](O)CO.[Ca+2].[Zn+2]. The number of aliphatic hydroxyl groups excluding tert-OH is 5. The quantitative estimate of drug-likeness (QED) is 0.286. The summed E-state index contributed by atoms with van der Waals surface area (Å²) in [6.45, 7) is -0.843. The molecule has 0 fully saturated rings. The van der Waals surface area contributed by atoms with E-state index in [1.54, 1.807) is 0 Å². The third kappa shape index (κ3) is 7.15. The Morgan fingerprint density at radius 1 is 1.07 bits per heavy atom. The molecule has 0 aliphatic carbocycles. The zero-order valence-electron chi connectivity index (χ0n) is 8.02. The van der Waals surface area contributed by atoms with E-state index < -0.39 is 37.0 Å². The molecule has 0 amide bonds. The van der Waals surface area contributed by atoms with Crippen LogP contribution in [0.2, 0.25) is 0 Å². The molecular weight excluding hydrogens is 290 g/mol. The summed E-state index contributed by atoms with van der Waals surface area (Å²) in [5, 5.41) is 51.8. The molecule has 0 saturated carbocycles. The van der Waals surface area contributed by atoms with E-state index in [9.17, 15) is 4.79 Å². The van der Waals surface area contributed by atoms with Crippen molar-refractivity contribution in [3.8, 4) is 0 Å². The topological polar surface area (TPSA) is 138 Å². The predicted molar refractivity (Wildman–Crippen MR) is 44.5 cm³/mol. The molecule has 0 aromatic carbocycles. The van der Waals surface area contributed by atoms with Gasteiger partial charge < -0.3 is 30.6 Å². The van der Waals surface area contributed by atoms with Gasteiger partial charge >= 0.3 is 63.2 Å². The van der Waals surface area contributed by atoms with Crippen LogP contribution >= 0.6 is 0 Å². The monoisotopic (exact) mass is 300 g/mol. The minimum absolute atomic E-state index is 0. The summed E-state index contributed by atoms with van der Waals surface area (Å²) in [5.74, 6) is -1.73. The van der Waals surface area contributed by atoms with Gasteiger partial charge in [0.2, 0.25) is 0 Å². The average molecular weight is 302 g/mol. The zero-order valence-corrected chi connectivity index (χ0v) is 13.2. The van der Waals surface area contributed by atoms with Crippen molar-refractivity contribution in [1.29, 1.82) is 0 Å². The molecule has 4 atom stereocenters. The summed E-state index contributed by atoms with van der Waals surface area (Å²) >= 11 is 0. The molecule has 78 valence electrons. The van der Waals surface area contributed by atoms with Gasteiger partial charge in [-0.3, -0.25) is 0 Å². The van der Waals surface area contributed by atoms with Crippen LogP contribution in [-0.2, 0) is 24.3 Å². The van der Waals surface area contributed by atoms with Crippen LogP contribution in [0, 0.1) is 0 Å². The van der Waals surface area contributed by atoms with Crippen LogP contribution in [0.4, 0.5) is 0 Å². The molecule has 0 aliphatic heterocycles. The van der Waals surface area contributed by atoms with E-state index in [2.05, 4.69) is 0 Å². The van der Waals surface area contributed by atoms with Crippen LogP contribution in [0.5, 0.6) is 0 Å². The van der Waals surface area contributed by atoms with Gasteiger partial charge in [0.1, 0.15) is 18.3 Å². The van der Waals surface area contributed by atoms with E-state index >= 15 is 0 Å². The second kappa shape index (κ2) is 10.3. The third-order valence-corrected chi connectivity index (χ3v) is 1.51. The Hall–Kier alpha value is 1.15. The number of rotatable bonds is 5. The van der Waals surface area contributed by atoms with Gasteiger partial charge in [0.25, 0.3) is 0 Å². The smallest absolute Gasteiger partial charge is 0.479 e. The number of aliphatic hydroxyl groups is 5. The summed E-state index contributed by atoms with van der Waals surface area (Å²) in [4.78, 5) is 10.1. The Kier molecular flexibility index (Phi) is 14.7. The van der Waals surface area contributed by atoms with Gasteiger partial charge in [-0.2, -0.15) is 0 Å². The Morgan fingerprint density at radius 2 is 1.47 bits per heavy atom. The zero-order chi connectivity index (χ0) is 10.6. The van der Waals surface area contributed by atoms with Crippen molar-refractivity contribution in [2.24, 2.45) is 0 Å². The maximum Gasteiger partial charge on any atom is 2.00 e. The summed E-state index contributed by atoms with van der Waals surface area (Å²) in [6, 6.07) is 0. The second-order valence-corrected chi connectivity index (χ2v) is 2.51. The normalized spacial score (nSPS) is 17.7.